The van der Waals surface area contributed by atoms with Crippen LogP contribution in [0.2, 0.25) is 0 Å². The van der Waals surface area contributed by atoms with E-state index >= 15 is 0 Å². The van der Waals surface area contributed by atoms with Crippen molar-refractivity contribution in [1.29, 1.82) is 0 Å². The standard InChI is InChI=1S/C10H12BrFN2S/c11-8-3-9(12)10(14-5-8)13-4-7-1-2-15-6-7/h3,5,7H,1-2,4,6H2,(H,13,14). The van der Waals surface area contributed by atoms with Crippen LogP contribution in [0.1, 0.15) is 6.42 Å². The van der Waals surface area contributed by atoms with Gasteiger partial charge in [-0.05, 0) is 45.8 Å². The Labute approximate surface area is 101 Å². The van der Waals surface area contributed by atoms with Crippen LogP contribution in [0.25, 0.3) is 0 Å². The second kappa shape index (κ2) is 5.16. The minimum Gasteiger partial charge on any atom is -0.367 e. The molecule has 0 radical (unpaired) electrons. The molecule has 1 unspecified atom stereocenters. The van der Waals surface area contributed by atoms with Gasteiger partial charge in [-0.1, -0.05) is 0 Å². The molecule has 0 saturated carbocycles. The Morgan fingerprint density at radius 1 is 1.67 bits per heavy atom. The van der Waals surface area contributed by atoms with Gasteiger partial charge in [0.05, 0.1) is 0 Å². The Morgan fingerprint density at radius 2 is 2.53 bits per heavy atom. The number of aromatic nitrogens is 1. The smallest absolute Gasteiger partial charge is 0.166 e. The van der Waals surface area contributed by atoms with Gasteiger partial charge in [0.25, 0.3) is 0 Å². The third kappa shape index (κ3) is 3.08. The van der Waals surface area contributed by atoms with Crippen molar-refractivity contribution in [2.75, 3.05) is 23.4 Å². The van der Waals surface area contributed by atoms with Crippen LogP contribution < -0.4 is 5.32 Å². The van der Waals surface area contributed by atoms with Gasteiger partial charge < -0.3 is 5.32 Å². The summed E-state index contributed by atoms with van der Waals surface area (Å²) in [6.07, 6.45) is 2.82. The van der Waals surface area contributed by atoms with Crippen molar-refractivity contribution in [3.8, 4) is 0 Å². The van der Waals surface area contributed by atoms with Crippen molar-refractivity contribution >= 4 is 33.5 Å². The predicted molar refractivity (Wildman–Crippen MR) is 65.8 cm³/mol. The van der Waals surface area contributed by atoms with Crippen LogP contribution in [0.4, 0.5) is 10.2 Å². The van der Waals surface area contributed by atoms with Crippen molar-refractivity contribution in [3.05, 3.63) is 22.6 Å². The van der Waals surface area contributed by atoms with E-state index in [0.717, 1.165) is 6.54 Å². The SMILES string of the molecule is Fc1cc(Br)cnc1NCC1CCSC1. The van der Waals surface area contributed by atoms with E-state index in [0.29, 0.717) is 16.2 Å². The van der Waals surface area contributed by atoms with Gasteiger partial charge in [-0.15, -0.1) is 0 Å². The lowest BCUT2D eigenvalue weighted by Crippen LogP contribution is -2.15. The molecule has 1 N–H and O–H groups in total. The summed E-state index contributed by atoms with van der Waals surface area (Å²) in [6.45, 7) is 0.818. The van der Waals surface area contributed by atoms with Gasteiger partial charge in [-0.3, -0.25) is 0 Å². The summed E-state index contributed by atoms with van der Waals surface area (Å²) in [5.41, 5.74) is 0. The number of nitrogens with one attached hydrogen (secondary N) is 1. The monoisotopic (exact) mass is 290 g/mol. The first kappa shape index (κ1) is 11.2. The molecule has 1 aliphatic rings. The molecule has 0 amide bonds. The summed E-state index contributed by atoms with van der Waals surface area (Å²) >= 11 is 5.14. The number of pyridine rings is 1. The molecule has 1 aliphatic heterocycles. The van der Waals surface area contributed by atoms with Crippen LogP contribution >= 0.6 is 27.7 Å². The van der Waals surface area contributed by atoms with Crippen LogP contribution in [0.3, 0.4) is 0 Å². The van der Waals surface area contributed by atoms with Crippen molar-refractivity contribution in [1.82, 2.24) is 4.98 Å². The molecule has 0 bridgehead atoms. The number of hydrogen-bond donors (Lipinski definition) is 1. The fourth-order valence-corrected chi connectivity index (χ4v) is 3.12. The highest BCUT2D eigenvalue weighted by atomic mass is 79.9. The number of nitrogens with zero attached hydrogens (tertiary/aromatic N) is 1. The fraction of sp³-hybridized carbons (Fsp3) is 0.500. The van der Waals surface area contributed by atoms with Gasteiger partial charge >= 0.3 is 0 Å². The third-order valence-corrected chi connectivity index (χ3v) is 4.06. The van der Waals surface area contributed by atoms with Crippen LogP contribution in [0.15, 0.2) is 16.7 Å². The van der Waals surface area contributed by atoms with Crippen LogP contribution in [0.5, 0.6) is 0 Å². The summed E-state index contributed by atoms with van der Waals surface area (Å²) in [4.78, 5) is 4.00. The Bertz CT molecular complexity index is 342. The predicted octanol–water partition coefficient (Wildman–Crippen LogP) is 3.15. The summed E-state index contributed by atoms with van der Waals surface area (Å²) in [5, 5.41) is 3.06. The van der Waals surface area contributed by atoms with Crippen LogP contribution in [-0.4, -0.2) is 23.0 Å². The Kier molecular flexibility index (Phi) is 3.86. The topological polar surface area (TPSA) is 24.9 Å². The first-order valence-electron chi connectivity index (χ1n) is 4.88. The van der Waals surface area contributed by atoms with Gasteiger partial charge in [0, 0.05) is 17.2 Å². The van der Waals surface area contributed by atoms with Gasteiger partial charge in [0.2, 0.25) is 0 Å². The lowest BCUT2D eigenvalue weighted by Gasteiger charge is -2.10. The third-order valence-electron chi connectivity index (χ3n) is 2.39. The highest BCUT2D eigenvalue weighted by molar-refractivity contribution is 9.10. The highest BCUT2D eigenvalue weighted by Crippen LogP contribution is 2.24. The zero-order chi connectivity index (χ0) is 10.7. The van der Waals surface area contributed by atoms with Gasteiger partial charge in [0.1, 0.15) is 0 Å². The van der Waals surface area contributed by atoms with Crippen molar-refractivity contribution in [3.63, 3.8) is 0 Å². The Morgan fingerprint density at radius 3 is 3.20 bits per heavy atom. The second-order valence-electron chi connectivity index (χ2n) is 3.59. The van der Waals surface area contributed by atoms with Crippen molar-refractivity contribution in [2.45, 2.75) is 6.42 Å². The molecule has 1 atom stereocenters. The summed E-state index contributed by atoms with van der Waals surface area (Å²) in [5.74, 6) is 3.11. The first-order chi connectivity index (χ1) is 7.25. The second-order valence-corrected chi connectivity index (χ2v) is 5.66. The molecule has 2 heterocycles. The maximum atomic E-state index is 13.4. The zero-order valence-corrected chi connectivity index (χ0v) is 10.6. The zero-order valence-electron chi connectivity index (χ0n) is 8.17. The van der Waals surface area contributed by atoms with Gasteiger partial charge in [-0.2, -0.15) is 11.8 Å². The minimum absolute atomic E-state index is 0.296. The molecule has 15 heavy (non-hydrogen) atoms. The molecule has 2 nitrogen and oxygen atoms in total. The normalized spacial score (nSPS) is 20.5. The molecule has 1 fully saturated rings. The molecule has 0 aromatic carbocycles. The van der Waals surface area contributed by atoms with E-state index in [1.54, 1.807) is 6.20 Å². The number of anilines is 1. The number of rotatable bonds is 3. The molecule has 2 rings (SSSR count). The summed E-state index contributed by atoms with van der Waals surface area (Å²) < 4.78 is 14.0. The molecule has 0 aliphatic carbocycles. The van der Waals surface area contributed by atoms with E-state index in [-0.39, 0.29) is 5.82 Å². The first-order valence-corrected chi connectivity index (χ1v) is 6.83. The van der Waals surface area contributed by atoms with E-state index in [2.05, 4.69) is 26.2 Å². The largest absolute Gasteiger partial charge is 0.367 e. The van der Waals surface area contributed by atoms with Crippen molar-refractivity contribution < 1.29 is 4.39 Å². The van der Waals surface area contributed by atoms with Crippen LogP contribution in [-0.2, 0) is 0 Å². The van der Waals surface area contributed by atoms with E-state index in [1.165, 1.54) is 24.0 Å². The Hall–Kier alpha value is -0.290. The van der Waals surface area contributed by atoms with E-state index < -0.39 is 0 Å². The molecule has 0 spiro atoms. The van der Waals surface area contributed by atoms with E-state index in [1.807, 2.05) is 11.8 Å². The highest BCUT2D eigenvalue weighted by Gasteiger charge is 2.15. The molecule has 1 aromatic rings. The number of halogens is 2. The molecular formula is C10H12BrFN2S. The quantitative estimate of drug-likeness (QED) is 0.926. The van der Waals surface area contributed by atoms with Crippen LogP contribution in [0, 0.1) is 11.7 Å². The van der Waals surface area contributed by atoms with E-state index in [9.17, 15) is 4.39 Å². The summed E-state index contributed by atoms with van der Waals surface area (Å²) in [7, 11) is 0. The maximum absolute atomic E-state index is 13.4. The molecule has 82 valence electrons. The lowest BCUT2D eigenvalue weighted by atomic mass is 10.1. The van der Waals surface area contributed by atoms with Gasteiger partial charge in [-0.25, -0.2) is 9.37 Å². The molecule has 5 heteroatoms. The number of thioether (sulfide) groups is 1. The summed E-state index contributed by atoms with van der Waals surface area (Å²) in [6, 6.07) is 1.43. The van der Waals surface area contributed by atoms with E-state index in [4.69, 9.17) is 0 Å². The fourth-order valence-electron chi connectivity index (χ4n) is 1.53. The molecule has 1 saturated heterocycles. The average Bonchev–Trinajstić information content (AvgIpc) is 2.69. The lowest BCUT2D eigenvalue weighted by molar-refractivity contribution is 0.605. The Balaban J connectivity index is 1.92. The average molecular weight is 291 g/mol. The molecular weight excluding hydrogens is 279 g/mol. The number of hydrogen-bond acceptors (Lipinski definition) is 3. The molecule has 1 aromatic heterocycles. The minimum atomic E-state index is -0.296. The maximum Gasteiger partial charge on any atom is 0.166 e. The van der Waals surface area contributed by atoms with Gasteiger partial charge in [0.15, 0.2) is 11.6 Å². The van der Waals surface area contributed by atoms with Crippen molar-refractivity contribution in [2.24, 2.45) is 5.92 Å².